The summed E-state index contributed by atoms with van der Waals surface area (Å²) in [6, 6.07) is 7.83. The normalized spacial score (nSPS) is 14.0. The molecule has 1 fully saturated rings. The van der Waals surface area contributed by atoms with E-state index < -0.39 is 0 Å². The van der Waals surface area contributed by atoms with Crippen molar-refractivity contribution in [1.82, 2.24) is 20.1 Å². The summed E-state index contributed by atoms with van der Waals surface area (Å²) in [6.07, 6.45) is 1.33. The second-order valence-corrected chi connectivity index (χ2v) is 6.02. The lowest BCUT2D eigenvalue weighted by Crippen LogP contribution is -2.49. The Labute approximate surface area is 158 Å². The van der Waals surface area contributed by atoms with Gasteiger partial charge in [0.25, 0.3) is 0 Å². The summed E-state index contributed by atoms with van der Waals surface area (Å²) < 4.78 is 10.2. The molecule has 1 amide bonds. The fourth-order valence-corrected chi connectivity index (χ4v) is 2.75. The number of piperazine rings is 1. The number of anilines is 2. The molecule has 9 heteroatoms. The van der Waals surface area contributed by atoms with E-state index in [0.29, 0.717) is 51.1 Å². The second-order valence-electron chi connectivity index (χ2n) is 6.02. The van der Waals surface area contributed by atoms with Gasteiger partial charge in [-0.25, -0.2) is 4.79 Å². The van der Waals surface area contributed by atoms with Crippen LogP contribution >= 0.6 is 0 Å². The predicted molar refractivity (Wildman–Crippen MR) is 101 cm³/mol. The minimum atomic E-state index is -0.272. The van der Waals surface area contributed by atoms with Gasteiger partial charge in [-0.1, -0.05) is 12.1 Å². The van der Waals surface area contributed by atoms with E-state index in [9.17, 15) is 4.79 Å². The Hall–Kier alpha value is -3.10. The molecule has 1 aliphatic rings. The standard InChI is InChI=1S/C18H24N6O3/c1-3-27-18(25)24-10-8-23(9-11-24)17-21-16(13-20-22-17)19-12-14-4-6-15(26-2)7-5-14/h4-7,13H,3,8-12H2,1-2H3,(H,19,21,22). The number of carbonyl (C=O) groups is 1. The molecule has 0 unspecified atom stereocenters. The molecule has 1 aliphatic heterocycles. The maximum atomic E-state index is 11.8. The highest BCUT2D eigenvalue weighted by Gasteiger charge is 2.23. The molecule has 1 aromatic heterocycles. The molecule has 144 valence electrons. The quantitative estimate of drug-likeness (QED) is 0.820. The van der Waals surface area contributed by atoms with E-state index >= 15 is 0 Å². The molecule has 2 heterocycles. The van der Waals surface area contributed by atoms with Crippen LogP contribution in [0.25, 0.3) is 0 Å². The van der Waals surface area contributed by atoms with Crippen LogP contribution < -0.4 is 15.0 Å². The molecular formula is C18H24N6O3. The van der Waals surface area contributed by atoms with Crippen molar-refractivity contribution >= 4 is 17.9 Å². The van der Waals surface area contributed by atoms with Crippen molar-refractivity contribution in [2.75, 3.05) is 50.1 Å². The van der Waals surface area contributed by atoms with E-state index in [2.05, 4.69) is 20.5 Å². The van der Waals surface area contributed by atoms with E-state index in [-0.39, 0.29) is 6.09 Å². The summed E-state index contributed by atoms with van der Waals surface area (Å²) in [4.78, 5) is 20.0. The number of carbonyl (C=O) groups excluding carboxylic acids is 1. The van der Waals surface area contributed by atoms with Crippen molar-refractivity contribution in [3.8, 4) is 5.75 Å². The van der Waals surface area contributed by atoms with Gasteiger partial charge < -0.3 is 24.6 Å². The first-order chi connectivity index (χ1) is 13.2. The number of amides is 1. The SMILES string of the molecule is CCOC(=O)N1CCN(c2nncc(NCc3ccc(OC)cc3)n2)CC1. The van der Waals surface area contributed by atoms with Crippen molar-refractivity contribution in [3.05, 3.63) is 36.0 Å². The first-order valence-electron chi connectivity index (χ1n) is 8.92. The van der Waals surface area contributed by atoms with Crippen LogP contribution in [0.1, 0.15) is 12.5 Å². The summed E-state index contributed by atoms with van der Waals surface area (Å²) in [6.45, 7) is 5.24. The molecule has 3 rings (SSSR count). The van der Waals surface area contributed by atoms with Crippen molar-refractivity contribution < 1.29 is 14.3 Å². The summed E-state index contributed by atoms with van der Waals surface area (Å²) in [5, 5.41) is 11.4. The molecular weight excluding hydrogens is 348 g/mol. The number of aromatic nitrogens is 3. The molecule has 1 N–H and O–H groups in total. The van der Waals surface area contributed by atoms with Gasteiger partial charge in [0.15, 0.2) is 5.82 Å². The molecule has 2 aromatic rings. The Morgan fingerprint density at radius 1 is 1.19 bits per heavy atom. The van der Waals surface area contributed by atoms with Crippen LogP contribution in [0.4, 0.5) is 16.6 Å². The van der Waals surface area contributed by atoms with Gasteiger partial charge in [-0.15, -0.1) is 5.10 Å². The zero-order chi connectivity index (χ0) is 19.1. The first-order valence-corrected chi connectivity index (χ1v) is 8.92. The Bertz CT molecular complexity index is 747. The van der Waals surface area contributed by atoms with Crippen LogP contribution in [-0.4, -0.2) is 66.1 Å². The lowest BCUT2D eigenvalue weighted by molar-refractivity contribution is 0.105. The van der Waals surface area contributed by atoms with Crippen molar-refractivity contribution in [2.45, 2.75) is 13.5 Å². The average Bonchev–Trinajstić information content (AvgIpc) is 2.73. The number of hydrogen-bond donors (Lipinski definition) is 1. The summed E-state index contributed by atoms with van der Waals surface area (Å²) in [5.74, 6) is 2.04. The lowest BCUT2D eigenvalue weighted by Gasteiger charge is -2.33. The smallest absolute Gasteiger partial charge is 0.409 e. The molecule has 1 saturated heterocycles. The van der Waals surface area contributed by atoms with Gasteiger partial charge in [0.05, 0.1) is 19.9 Å². The Kier molecular flexibility index (Phi) is 6.24. The maximum absolute atomic E-state index is 11.8. The number of rotatable bonds is 6. The zero-order valence-electron chi connectivity index (χ0n) is 15.6. The first kappa shape index (κ1) is 18.7. The highest BCUT2D eigenvalue weighted by atomic mass is 16.6. The van der Waals surface area contributed by atoms with E-state index in [1.807, 2.05) is 29.2 Å². The number of nitrogens with zero attached hydrogens (tertiary/aromatic N) is 5. The third kappa shape index (κ3) is 4.96. The highest BCUT2D eigenvalue weighted by Crippen LogP contribution is 2.15. The van der Waals surface area contributed by atoms with E-state index in [1.54, 1.807) is 25.1 Å². The van der Waals surface area contributed by atoms with E-state index in [1.165, 1.54) is 0 Å². The molecule has 1 aromatic carbocycles. The van der Waals surface area contributed by atoms with Gasteiger partial charge in [-0.05, 0) is 24.6 Å². The minimum absolute atomic E-state index is 0.272. The van der Waals surface area contributed by atoms with Crippen LogP contribution in [0.2, 0.25) is 0 Å². The number of ether oxygens (including phenoxy) is 2. The van der Waals surface area contributed by atoms with E-state index in [0.717, 1.165) is 11.3 Å². The third-order valence-electron chi connectivity index (χ3n) is 4.27. The monoisotopic (exact) mass is 372 g/mol. The number of methoxy groups -OCH3 is 1. The fourth-order valence-electron chi connectivity index (χ4n) is 2.75. The van der Waals surface area contributed by atoms with Crippen molar-refractivity contribution in [1.29, 1.82) is 0 Å². The molecule has 0 bridgehead atoms. The van der Waals surface area contributed by atoms with Crippen LogP contribution in [0.15, 0.2) is 30.5 Å². The third-order valence-corrected chi connectivity index (χ3v) is 4.27. The lowest BCUT2D eigenvalue weighted by atomic mass is 10.2. The molecule has 0 saturated carbocycles. The van der Waals surface area contributed by atoms with Gasteiger partial charge in [0.1, 0.15) is 5.75 Å². The van der Waals surface area contributed by atoms with Gasteiger partial charge in [0, 0.05) is 32.7 Å². The maximum Gasteiger partial charge on any atom is 0.409 e. The topological polar surface area (TPSA) is 92.7 Å². The number of benzene rings is 1. The van der Waals surface area contributed by atoms with E-state index in [4.69, 9.17) is 9.47 Å². The van der Waals surface area contributed by atoms with Crippen LogP contribution in [0.5, 0.6) is 5.75 Å². The minimum Gasteiger partial charge on any atom is -0.497 e. The molecule has 0 spiro atoms. The van der Waals surface area contributed by atoms with Crippen LogP contribution in [0, 0.1) is 0 Å². The molecule has 9 nitrogen and oxygen atoms in total. The molecule has 0 aliphatic carbocycles. The average molecular weight is 372 g/mol. The second kappa shape index (κ2) is 9.02. The summed E-state index contributed by atoms with van der Waals surface area (Å²) in [7, 11) is 1.65. The van der Waals surface area contributed by atoms with Gasteiger partial charge >= 0.3 is 6.09 Å². The van der Waals surface area contributed by atoms with Crippen LogP contribution in [-0.2, 0) is 11.3 Å². The van der Waals surface area contributed by atoms with Gasteiger partial charge in [-0.2, -0.15) is 10.1 Å². The molecule has 0 atom stereocenters. The predicted octanol–water partition coefficient (Wildman–Crippen LogP) is 1.77. The number of nitrogens with one attached hydrogen (secondary N) is 1. The van der Waals surface area contributed by atoms with Gasteiger partial charge in [0.2, 0.25) is 5.95 Å². The van der Waals surface area contributed by atoms with Crippen LogP contribution in [0.3, 0.4) is 0 Å². The molecule has 27 heavy (non-hydrogen) atoms. The Morgan fingerprint density at radius 2 is 1.93 bits per heavy atom. The Balaban J connectivity index is 1.55. The van der Waals surface area contributed by atoms with Crippen molar-refractivity contribution in [2.24, 2.45) is 0 Å². The summed E-state index contributed by atoms with van der Waals surface area (Å²) in [5.41, 5.74) is 1.11. The zero-order valence-corrected chi connectivity index (χ0v) is 15.6. The highest BCUT2D eigenvalue weighted by molar-refractivity contribution is 5.68. The number of hydrogen-bond acceptors (Lipinski definition) is 8. The van der Waals surface area contributed by atoms with Crippen molar-refractivity contribution in [3.63, 3.8) is 0 Å². The van der Waals surface area contributed by atoms with Gasteiger partial charge in [-0.3, -0.25) is 0 Å². The molecule has 0 radical (unpaired) electrons. The fraction of sp³-hybridized carbons (Fsp3) is 0.444. The largest absolute Gasteiger partial charge is 0.497 e. The summed E-state index contributed by atoms with van der Waals surface area (Å²) >= 11 is 0. The Morgan fingerprint density at radius 3 is 2.59 bits per heavy atom.